The molecular weight excluding hydrogens is 174 g/mol. The third kappa shape index (κ3) is 1.96. The van der Waals surface area contributed by atoms with Crippen molar-refractivity contribution in [1.82, 2.24) is 0 Å². The number of ether oxygens (including phenoxy) is 1. The molecule has 0 heterocycles. The van der Waals surface area contributed by atoms with Crippen LogP contribution in [0, 0.1) is 23.7 Å². The van der Waals surface area contributed by atoms with Crippen molar-refractivity contribution in [1.29, 1.82) is 0 Å². The lowest BCUT2D eigenvalue weighted by Gasteiger charge is -2.23. The van der Waals surface area contributed by atoms with Crippen molar-refractivity contribution in [2.24, 2.45) is 29.4 Å². The molecule has 0 aromatic heterocycles. The van der Waals surface area contributed by atoms with E-state index in [1.54, 1.807) is 0 Å². The van der Waals surface area contributed by atoms with Gasteiger partial charge in [-0.15, -0.1) is 0 Å². The molecule has 2 fully saturated rings. The molecule has 4 atom stereocenters. The summed E-state index contributed by atoms with van der Waals surface area (Å²) in [6.45, 7) is 4.64. The minimum Gasteiger partial charge on any atom is -0.380 e. The van der Waals surface area contributed by atoms with Crippen molar-refractivity contribution in [3.63, 3.8) is 0 Å². The molecule has 0 saturated heterocycles. The van der Waals surface area contributed by atoms with Gasteiger partial charge in [-0.2, -0.15) is 0 Å². The van der Waals surface area contributed by atoms with Crippen LogP contribution in [0.1, 0.15) is 32.6 Å². The Morgan fingerprint density at radius 2 is 2.14 bits per heavy atom. The third-order valence-electron chi connectivity index (χ3n) is 4.03. The number of hydrogen-bond acceptors (Lipinski definition) is 2. The second kappa shape index (κ2) is 4.63. The van der Waals surface area contributed by atoms with E-state index in [1.165, 1.54) is 25.7 Å². The molecule has 2 nitrogen and oxygen atoms in total. The lowest BCUT2D eigenvalue weighted by Crippen LogP contribution is -2.14. The van der Waals surface area contributed by atoms with Crippen LogP contribution in [-0.4, -0.2) is 19.8 Å². The smallest absolute Gasteiger partial charge is 0.0588 e. The van der Waals surface area contributed by atoms with Crippen molar-refractivity contribution in [3.8, 4) is 0 Å². The summed E-state index contributed by atoms with van der Waals surface area (Å²) < 4.78 is 5.43. The molecule has 2 rings (SSSR count). The van der Waals surface area contributed by atoms with Gasteiger partial charge >= 0.3 is 0 Å². The summed E-state index contributed by atoms with van der Waals surface area (Å²) in [6, 6.07) is 0. The quantitative estimate of drug-likeness (QED) is 0.634. The monoisotopic (exact) mass is 197 g/mol. The summed E-state index contributed by atoms with van der Waals surface area (Å²) in [7, 11) is 0. The molecule has 2 aliphatic rings. The maximum Gasteiger partial charge on any atom is 0.0588 e. The first-order chi connectivity index (χ1) is 6.88. The zero-order chi connectivity index (χ0) is 9.97. The fraction of sp³-hybridized carbons (Fsp3) is 1.00. The van der Waals surface area contributed by atoms with Gasteiger partial charge < -0.3 is 10.5 Å². The molecule has 0 aliphatic heterocycles. The second-order valence-electron chi connectivity index (χ2n) is 4.88. The predicted octanol–water partition coefficient (Wildman–Crippen LogP) is 2.03. The Morgan fingerprint density at radius 1 is 1.29 bits per heavy atom. The summed E-state index contributed by atoms with van der Waals surface area (Å²) in [4.78, 5) is 0. The van der Waals surface area contributed by atoms with E-state index in [0.29, 0.717) is 6.54 Å². The lowest BCUT2D eigenvalue weighted by atomic mass is 9.82. The van der Waals surface area contributed by atoms with Crippen LogP contribution >= 0.6 is 0 Å². The molecule has 0 radical (unpaired) electrons. The Labute approximate surface area is 87.2 Å². The highest BCUT2D eigenvalue weighted by molar-refractivity contribution is 5.09. The molecule has 0 amide bonds. The van der Waals surface area contributed by atoms with Gasteiger partial charge in [0.05, 0.1) is 6.61 Å². The first-order valence-electron chi connectivity index (χ1n) is 6.16. The van der Waals surface area contributed by atoms with Crippen LogP contribution in [-0.2, 0) is 4.74 Å². The summed E-state index contributed by atoms with van der Waals surface area (Å²) in [5.41, 5.74) is 5.36. The molecule has 2 N–H and O–H groups in total. The number of rotatable bonds is 7. The fourth-order valence-corrected chi connectivity index (χ4v) is 3.31. The maximum atomic E-state index is 5.43. The lowest BCUT2D eigenvalue weighted by molar-refractivity contribution is 0.134. The van der Waals surface area contributed by atoms with Crippen molar-refractivity contribution in [2.45, 2.75) is 32.6 Å². The van der Waals surface area contributed by atoms with Gasteiger partial charge in [-0.3, -0.25) is 0 Å². The van der Waals surface area contributed by atoms with Crippen molar-refractivity contribution in [2.75, 3.05) is 19.8 Å². The number of nitrogens with two attached hydrogens (primary N) is 1. The number of fused-ring (bicyclic) bond motifs is 1. The van der Waals surface area contributed by atoms with Gasteiger partial charge in [0.25, 0.3) is 0 Å². The Morgan fingerprint density at radius 3 is 2.86 bits per heavy atom. The summed E-state index contributed by atoms with van der Waals surface area (Å²) >= 11 is 0. The van der Waals surface area contributed by atoms with Crippen LogP contribution in [0.2, 0.25) is 0 Å². The summed E-state index contributed by atoms with van der Waals surface area (Å²) in [6.07, 6.45) is 5.63. The van der Waals surface area contributed by atoms with E-state index in [1.807, 2.05) is 0 Å². The largest absolute Gasteiger partial charge is 0.380 e. The molecule has 2 aliphatic carbocycles. The first kappa shape index (κ1) is 10.4. The molecule has 0 aromatic rings. The van der Waals surface area contributed by atoms with Crippen molar-refractivity contribution >= 4 is 0 Å². The molecule has 0 aromatic carbocycles. The molecule has 2 saturated carbocycles. The van der Waals surface area contributed by atoms with E-state index in [9.17, 15) is 0 Å². The minimum atomic E-state index is 0.663. The van der Waals surface area contributed by atoms with E-state index in [0.717, 1.165) is 36.9 Å². The van der Waals surface area contributed by atoms with Crippen molar-refractivity contribution < 1.29 is 4.74 Å². The molecule has 0 bridgehead atoms. The SMILES string of the molecule is CCCC1C[C@@H]2C(CCOCCN)C12. The van der Waals surface area contributed by atoms with Gasteiger partial charge in [0, 0.05) is 13.2 Å². The van der Waals surface area contributed by atoms with E-state index in [-0.39, 0.29) is 0 Å². The molecular formula is C12H23NO. The molecule has 3 unspecified atom stereocenters. The Hall–Kier alpha value is -0.0800. The normalized spacial score (nSPS) is 39.0. The highest BCUT2D eigenvalue weighted by Crippen LogP contribution is 2.67. The summed E-state index contributed by atoms with van der Waals surface area (Å²) in [5, 5.41) is 0. The topological polar surface area (TPSA) is 35.2 Å². The molecule has 14 heavy (non-hydrogen) atoms. The van der Waals surface area contributed by atoms with E-state index < -0.39 is 0 Å². The fourth-order valence-electron chi connectivity index (χ4n) is 3.31. The van der Waals surface area contributed by atoms with Gasteiger partial charge in [-0.25, -0.2) is 0 Å². The van der Waals surface area contributed by atoms with Crippen LogP contribution < -0.4 is 5.73 Å². The van der Waals surface area contributed by atoms with Gasteiger partial charge in [0.1, 0.15) is 0 Å². The zero-order valence-corrected chi connectivity index (χ0v) is 9.24. The predicted molar refractivity (Wildman–Crippen MR) is 58.0 cm³/mol. The van der Waals surface area contributed by atoms with E-state index in [2.05, 4.69) is 6.92 Å². The van der Waals surface area contributed by atoms with Crippen LogP contribution in [0.25, 0.3) is 0 Å². The molecule has 2 heteroatoms. The second-order valence-corrected chi connectivity index (χ2v) is 4.88. The van der Waals surface area contributed by atoms with Gasteiger partial charge in [-0.1, -0.05) is 19.8 Å². The van der Waals surface area contributed by atoms with E-state index >= 15 is 0 Å². The Balaban J connectivity index is 1.54. The first-order valence-corrected chi connectivity index (χ1v) is 6.16. The van der Waals surface area contributed by atoms with Crippen LogP contribution in [0.3, 0.4) is 0 Å². The average Bonchev–Trinajstić information content (AvgIpc) is 2.74. The van der Waals surface area contributed by atoms with Gasteiger partial charge in [0.15, 0.2) is 0 Å². The Bertz CT molecular complexity index is 183. The highest BCUT2D eigenvalue weighted by Gasteiger charge is 2.61. The van der Waals surface area contributed by atoms with E-state index in [4.69, 9.17) is 10.5 Å². The third-order valence-corrected chi connectivity index (χ3v) is 4.03. The highest BCUT2D eigenvalue weighted by atomic mass is 16.5. The van der Waals surface area contributed by atoms with Crippen LogP contribution in [0.4, 0.5) is 0 Å². The Kier molecular flexibility index (Phi) is 3.45. The summed E-state index contributed by atoms with van der Waals surface area (Å²) in [5.74, 6) is 4.28. The zero-order valence-electron chi connectivity index (χ0n) is 9.24. The van der Waals surface area contributed by atoms with Gasteiger partial charge in [-0.05, 0) is 36.5 Å². The average molecular weight is 197 g/mol. The van der Waals surface area contributed by atoms with Gasteiger partial charge in [0.2, 0.25) is 0 Å². The standard InChI is InChI=1S/C12H23NO/c1-2-3-9-8-11-10(12(9)11)4-6-14-7-5-13/h9-12H,2-8,13H2,1H3/t9?,10?,11-,12?/m1/s1. The van der Waals surface area contributed by atoms with Crippen LogP contribution in [0.5, 0.6) is 0 Å². The maximum absolute atomic E-state index is 5.43. The molecule has 82 valence electrons. The minimum absolute atomic E-state index is 0.663. The van der Waals surface area contributed by atoms with Crippen molar-refractivity contribution in [3.05, 3.63) is 0 Å². The molecule has 0 spiro atoms. The van der Waals surface area contributed by atoms with Crippen LogP contribution in [0.15, 0.2) is 0 Å². The number of hydrogen-bond donors (Lipinski definition) is 1.